The molecule has 0 spiro atoms. The summed E-state index contributed by atoms with van der Waals surface area (Å²) in [5.41, 5.74) is 3.22. The number of hydrazone groups is 1. The highest BCUT2D eigenvalue weighted by Crippen LogP contribution is 2.31. The maximum absolute atomic E-state index is 11.8. The Kier molecular flexibility index (Phi) is 5.02. The number of non-ortho nitro benzene ring substituents is 1. The first-order chi connectivity index (χ1) is 10.9. The molecule has 0 saturated carbocycles. The molecule has 0 saturated heterocycles. The monoisotopic (exact) mass is 378 g/mol. The number of hydrogen-bond donors (Lipinski definition) is 2. The number of aromatic nitrogens is 1. The van der Waals surface area contributed by atoms with Gasteiger partial charge in [0.1, 0.15) is 5.75 Å². The van der Waals surface area contributed by atoms with Gasteiger partial charge >= 0.3 is 0 Å². The number of phenols is 1. The van der Waals surface area contributed by atoms with Crippen molar-refractivity contribution in [2.45, 2.75) is 6.92 Å². The Morgan fingerprint density at radius 1 is 1.48 bits per heavy atom. The second kappa shape index (κ2) is 6.97. The molecule has 0 bridgehead atoms. The molecular formula is C14H11BrN4O4. The molecular weight excluding hydrogens is 368 g/mol. The van der Waals surface area contributed by atoms with Crippen LogP contribution in [0.25, 0.3) is 0 Å². The molecule has 1 aromatic heterocycles. The Hall–Kier alpha value is -2.81. The third kappa shape index (κ3) is 4.10. The van der Waals surface area contributed by atoms with E-state index in [9.17, 15) is 20.0 Å². The number of hydrogen-bond acceptors (Lipinski definition) is 6. The first-order valence-corrected chi connectivity index (χ1v) is 7.10. The molecule has 0 aliphatic rings. The summed E-state index contributed by atoms with van der Waals surface area (Å²) >= 11 is 3.02. The Balaban J connectivity index is 2.15. The fraction of sp³-hybridized carbons (Fsp3) is 0.0714. The van der Waals surface area contributed by atoms with E-state index in [1.54, 1.807) is 19.1 Å². The van der Waals surface area contributed by atoms with Gasteiger partial charge in [-0.05, 0) is 35.0 Å². The average Bonchev–Trinajstić information content (AvgIpc) is 2.51. The highest BCUT2D eigenvalue weighted by molar-refractivity contribution is 9.10. The lowest BCUT2D eigenvalue weighted by Gasteiger charge is -2.03. The van der Waals surface area contributed by atoms with Crippen molar-refractivity contribution in [1.29, 1.82) is 0 Å². The van der Waals surface area contributed by atoms with Crippen molar-refractivity contribution in [3.8, 4) is 5.75 Å². The molecule has 1 heterocycles. The van der Waals surface area contributed by atoms with E-state index in [2.05, 4.69) is 31.4 Å². The summed E-state index contributed by atoms with van der Waals surface area (Å²) in [6.07, 6.45) is 2.52. The van der Waals surface area contributed by atoms with Gasteiger partial charge in [0, 0.05) is 29.6 Å². The van der Waals surface area contributed by atoms with E-state index >= 15 is 0 Å². The lowest BCUT2D eigenvalue weighted by Crippen LogP contribution is -2.17. The van der Waals surface area contributed by atoms with Crippen LogP contribution in [0.15, 0.2) is 40.0 Å². The summed E-state index contributed by atoms with van der Waals surface area (Å²) in [6, 6.07) is 5.59. The highest BCUT2D eigenvalue weighted by atomic mass is 79.9. The smallest absolute Gasteiger partial charge is 0.272 e. The Morgan fingerprint density at radius 3 is 2.83 bits per heavy atom. The number of amides is 1. The highest BCUT2D eigenvalue weighted by Gasteiger charge is 2.13. The lowest BCUT2D eigenvalue weighted by atomic mass is 10.2. The lowest BCUT2D eigenvalue weighted by molar-refractivity contribution is -0.385. The van der Waals surface area contributed by atoms with Crippen molar-refractivity contribution < 1.29 is 14.8 Å². The summed E-state index contributed by atoms with van der Waals surface area (Å²) in [7, 11) is 0. The summed E-state index contributed by atoms with van der Waals surface area (Å²) in [5, 5.41) is 24.3. The van der Waals surface area contributed by atoms with Crippen LogP contribution >= 0.6 is 15.9 Å². The zero-order valence-corrected chi connectivity index (χ0v) is 13.4. The number of benzene rings is 1. The quantitative estimate of drug-likeness (QED) is 0.481. The van der Waals surface area contributed by atoms with Crippen LogP contribution in [-0.4, -0.2) is 27.1 Å². The minimum Gasteiger partial charge on any atom is -0.506 e. The fourth-order valence-corrected chi connectivity index (χ4v) is 2.10. The maximum atomic E-state index is 11.8. The van der Waals surface area contributed by atoms with Crippen LogP contribution in [0.3, 0.4) is 0 Å². The number of nitrogens with one attached hydrogen (secondary N) is 1. The van der Waals surface area contributed by atoms with E-state index < -0.39 is 10.8 Å². The molecule has 2 rings (SSSR count). The first kappa shape index (κ1) is 16.6. The minimum atomic E-state index is -0.599. The van der Waals surface area contributed by atoms with E-state index in [1.807, 2.05) is 0 Å². The normalized spacial score (nSPS) is 10.7. The number of nitro benzene ring substituents is 1. The van der Waals surface area contributed by atoms with Gasteiger partial charge in [-0.15, -0.1) is 0 Å². The minimum absolute atomic E-state index is 0.0911. The van der Waals surface area contributed by atoms with Crippen molar-refractivity contribution in [3.05, 3.63) is 61.9 Å². The van der Waals surface area contributed by atoms with Gasteiger partial charge in [0.2, 0.25) is 0 Å². The second-order valence-electron chi connectivity index (χ2n) is 4.51. The van der Waals surface area contributed by atoms with Crippen LogP contribution in [0.2, 0.25) is 0 Å². The largest absolute Gasteiger partial charge is 0.506 e. The number of nitrogens with zero attached hydrogens (tertiary/aromatic N) is 3. The predicted molar refractivity (Wildman–Crippen MR) is 86.5 cm³/mol. The molecule has 0 atom stereocenters. The van der Waals surface area contributed by atoms with Gasteiger partial charge in [0.05, 0.1) is 21.2 Å². The van der Waals surface area contributed by atoms with Gasteiger partial charge in [0.15, 0.2) is 0 Å². The van der Waals surface area contributed by atoms with E-state index in [1.165, 1.54) is 12.3 Å². The summed E-state index contributed by atoms with van der Waals surface area (Å²) in [6.45, 7) is 1.79. The third-order valence-corrected chi connectivity index (χ3v) is 3.44. The number of carbonyl (C=O) groups excluding carboxylic acids is 1. The van der Waals surface area contributed by atoms with Crippen LogP contribution in [-0.2, 0) is 0 Å². The standard InChI is InChI=1S/C14H11BrN4O4/c1-8-2-3-9(6-16-8)14(21)18-17-7-10-4-11(19(22)23)5-12(15)13(10)20/h2-7,20H,1H3,(H,18,21). The number of nitro groups is 1. The SMILES string of the molecule is Cc1ccc(C(=O)NN=Cc2cc([N+](=O)[O-])cc(Br)c2O)cn1. The van der Waals surface area contributed by atoms with Crippen LogP contribution < -0.4 is 5.43 Å². The van der Waals surface area contributed by atoms with Crippen LogP contribution in [0.1, 0.15) is 21.6 Å². The molecule has 0 fully saturated rings. The summed E-state index contributed by atoms with van der Waals surface area (Å²) < 4.78 is 0.155. The summed E-state index contributed by atoms with van der Waals surface area (Å²) in [5.74, 6) is -0.705. The Morgan fingerprint density at radius 2 is 2.22 bits per heavy atom. The maximum Gasteiger partial charge on any atom is 0.272 e. The number of aryl methyl sites for hydroxylation is 1. The van der Waals surface area contributed by atoms with Gasteiger partial charge in [-0.2, -0.15) is 5.10 Å². The first-order valence-electron chi connectivity index (χ1n) is 6.31. The number of carbonyl (C=O) groups is 1. The van der Waals surface area contributed by atoms with Crippen molar-refractivity contribution in [2.75, 3.05) is 0 Å². The number of pyridine rings is 1. The van der Waals surface area contributed by atoms with Crippen molar-refractivity contribution in [3.63, 3.8) is 0 Å². The van der Waals surface area contributed by atoms with E-state index in [0.29, 0.717) is 5.56 Å². The fourth-order valence-electron chi connectivity index (χ4n) is 1.64. The van der Waals surface area contributed by atoms with Gasteiger partial charge in [-0.3, -0.25) is 19.9 Å². The molecule has 0 radical (unpaired) electrons. The topological polar surface area (TPSA) is 118 Å². The third-order valence-electron chi connectivity index (χ3n) is 2.83. The zero-order chi connectivity index (χ0) is 17.0. The molecule has 0 unspecified atom stereocenters. The molecule has 1 amide bonds. The molecule has 8 nitrogen and oxygen atoms in total. The van der Waals surface area contributed by atoms with Crippen molar-refractivity contribution in [1.82, 2.24) is 10.4 Å². The van der Waals surface area contributed by atoms with E-state index in [0.717, 1.165) is 18.0 Å². The molecule has 1 aromatic carbocycles. The van der Waals surface area contributed by atoms with Crippen molar-refractivity contribution in [2.24, 2.45) is 5.10 Å². The average molecular weight is 379 g/mol. The molecule has 0 aliphatic heterocycles. The number of aromatic hydroxyl groups is 1. The van der Waals surface area contributed by atoms with Crippen molar-refractivity contribution >= 4 is 33.7 Å². The van der Waals surface area contributed by atoms with E-state index in [-0.39, 0.29) is 21.5 Å². The molecule has 0 aliphatic carbocycles. The molecule has 118 valence electrons. The van der Waals surface area contributed by atoms with E-state index in [4.69, 9.17) is 0 Å². The molecule has 2 aromatic rings. The van der Waals surface area contributed by atoms with Gasteiger partial charge in [-0.1, -0.05) is 0 Å². The van der Waals surface area contributed by atoms with Crippen LogP contribution in [0.4, 0.5) is 5.69 Å². The molecule has 9 heteroatoms. The van der Waals surface area contributed by atoms with Gasteiger partial charge in [-0.25, -0.2) is 5.43 Å². The van der Waals surface area contributed by atoms with Gasteiger partial charge in [0.25, 0.3) is 11.6 Å². The van der Waals surface area contributed by atoms with Crippen LogP contribution in [0, 0.1) is 17.0 Å². The predicted octanol–water partition coefficient (Wildman–Crippen LogP) is 2.53. The van der Waals surface area contributed by atoms with Crippen LogP contribution in [0.5, 0.6) is 5.75 Å². The number of phenolic OH excluding ortho intramolecular Hbond substituents is 1. The molecule has 2 N–H and O–H groups in total. The zero-order valence-electron chi connectivity index (χ0n) is 11.9. The molecule has 23 heavy (non-hydrogen) atoms. The summed E-state index contributed by atoms with van der Waals surface area (Å²) in [4.78, 5) is 26.0. The number of rotatable bonds is 4. The second-order valence-corrected chi connectivity index (χ2v) is 5.36. The number of halogens is 1. The Bertz CT molecular complexity index is 790. The van der Waals surface area contributed by atoms with Gasteiger partial charge < -0.3 is 5.11 Å². The Labute approximate surface area is 139 Å².